The van der Waals surface area contributed by atoms with Gasteiger partial charge in [0, 0.05) is 18.6 Å². The van der Waals surface area contributed by atoms with Crippen LogP contribution >= 0.6 is 8.58 Å². The average Bonchev–Trinajstić information content (AvgIpc) is 2.44. The third kappa shape index (κ3) is 3.66. The lowest BCUT2D eigenvalue weighted by Gasteiger charge is -2.12. The Bertz CT molecular complexity index is 611. The van der Waals surface area contributed by atoms with Crippen LogP contribution in [-0.4, -0.2) is 25.2 Å². The number of aliphatic imine (C=N–C) groups is 1. The number of nitrogens with zero attached hydrogens (tertiary/aromatic N) is 1. The number of rotatable bonds is 5. The molecule has 2 rings (SSSR count). The Hall–Kier alpha value is -1.70. The molecule has 1 N–H and O–H groups in total. The van der Waals surface area contributed by atoms with Gasteiger partial charge in [-0.1, -0.05) is 44.5 Å². The molecule has 0 amide bonds. The monoisotopic (exact) mass is 287 g/mol. The van der Waals surface area contributed by atoms with E-state index in [1.165, 1.54) is 10.9 Å². The van der Waals surface area contributed by atoms with Crippen molar-refractivity contribution < 1.29 is 9.84 Å². The van der Waals surface area contributed by atoms with Gasteiger partial charge < -0.3 is 9.84 Å². The normalized spacial score (nSPS) is 11.6. The standard InChI is InChI=1S/C16H18NO2P/c1-12-7-8-14(19-11-18)16(9-12)20-15-6-4-3-5-13(15)10-17-2/h3-10,18,20H,11H2,1-2H3/b17-10+. The van der Waals surface area contributed by atoms with E-state index in [2.05, 4.69) is 30.1 Å². The molecule has 2 aromatic carbocycles. The Morgan fingerprint density at radius 1 is 1.20 bits per heavy atom. The van der Waals surface area contributed by atoms with E-state index >= 15 is 0 Å². The van der Waals surface area contributed by atoms with Gasteiger partial charge in [0.15, 0.2) is 6.79 Å². The number of ether oxygens (including phenoxy) is 1. The van der Waals surface area contributed by atoms with Gasteiger partial charge in [0.2, 0.25) is 0 Å². The molecule has 3 nitrogen and oxygen atoms in total. The van der Waals surface area contributed by atoms with Gasteiger partial charge in [-0.15, -0.1) is 0 Å². The molecular weight excluding hydrogens is 269 g/mol. The van der Waals surface area contributed by atoms with Crippen molar-refractivity contribution in [3.8, 4) is 5.75 Å². The zero-order chi connectivity index (χ0) is 14.4. The molecule has 0 spiro atoms. The molecule has 0 radical (unpaired) electrons. The van der Waals surface area contributed by atoms with Crippen LogP contribution in [0.25, 0.3) is 0 Å². The maximum Gasteiger partial charge on any atom is 0.186 e. The molecular formula is C16H18NO2P. The largest absolute Gasteiger partial charge is 0.467 e. The molecule has 4 heteroatoms. The molecule has 0 bridgehead atoms. The number of hydrogen-bond acceptors (Lipinski definition) is 3. The second kappa shape index (κ2) is 7.18. The highest BCUT2D eigenvalue weighted by atomic mass is 31.1. The van der Waals surface area contributed by atoms with Crippen LogP contribution < -0.4 is 15.3 Å². The lowest BCUT2D eigenvalue weighted by Crippen LogP contribution is -2.12. The number of hydrogen-bond donors (Lipinski definition) is 1. The summed E-state index contributed by atoms with van der Waals surface area (Å²) in [5.41, 5.74) is 2.30. The van der Waals surface area contributed by atoms with Crippen LogP contribution in [0, 0.1) is 6.92 Å². The predicted octanol–water partition coefficient (Wildman–Crippen LogP) is 2.00. The van der Waals surface area contributed by atoms with Crippen LogP contribution in [0.3, 0.4) is 0 Å². The summed E-state index contributed by atoms with van der Waals surface area (Å²) < 4.78 is 5.29. The van der Waals surface area contributed by atoms with E-state index in [1.54, 1.807) is 7.05 Å². The maximum atomic E-state index is 8.98. The van der Waals surface area contributed by atoms with Crippen LogP contribution in [0.2, 0.25) is 0 Å². The quantitative estimate of drug-likeness (QED) is 0.519. The van der Waals surface area contributed by atoms with Crippen LogP contribution in [0.4, 0.5) is 0 Å². The van der Waals surface area contributed by atoms with Crippen molar-refractivity contribution >= 4 is 25.4 Å². The molecule has 0 aliphatic rings. The summed E-state index contributed by atoms with van der Waals surface area (Å²) in [6.07, 6.45) is 1.87. The van der Waals surface area contributed by atoms with Gasteiger partial charge in [0.25, 0.3) is 0 Å². The molecule has 0 aliphatic heterocycles. The third-order valence-corrected chi connectivity index (χ3v) is 4.24. The van der Waals surface area contributed by atoms with Crippen LogP contribution in [0.1, 0.15) is 11.1 Å². The van der Waals surface area contributed by atoms with Gasteiger partial charge in [-0.3, -0.25) is 4.99 Å². The smallest absolute Gasteiger partial charge is 0.186 e. The van der Waals surface area contributed by atoms with E-state index in [-0.39, 0.29) is 6.79 Å². The molecule has 0 fully saturated rings. The minimum Gasteiger partial charge on any atom is -0.467 e. The summed E-state index contributed by atoms with van der Waals surface area (Å²) in [4.78, 5) is 4.09. The predicted molar refractivity (Wildman–Crippen MR) is 86.4 cm³/mol. The van der Waals surface area contributed by atoms with E-state index in [4.69, 9.17) is 9.84 Å². The molecule has 0 aromatic heterocycles. The van der Waals surface area contributed by atoms with E-state index in [1.807, 2.05) is 30.5 Å². The zero-order valence-corrected chi connectivity index (χ0v) is 12.6. The van der Waals surface area contributed by atoms with Crippen molar-refractivity contribution in [1.82, 2.24) is 0 Å². The Labute approximate surface area is 121 Å². The average molecular weight is 287 g/mol. The first-order valence-electron chi connectivity index (χ1n) is 6.37. The number of aryl methyl sites for hydroxylation is 1. The van der Waals surface area contributed by atoms with E-state index in [0.717, 1.165) is 16.6 Å². The number of aliphatic hydroxyl groups excluding tert-OH is 1. The van der Waals surface area contributed by atoms with Gasteiger partial charge in [-0.2, -0.15) is 0 Å². The Morgan fingerprint density at radius 2 is 2.00 bits per heavy atom. The fourth-order valence-electron chi connectivity index (χ4n) is 1.94. The highest BCUT2D eigenvalue weighted by Gasteiger charge is 2.07. The summed E-state index contributed by atoms with van der Waals surface area (Å²) in [6.45, 7) is 1.74. The minimum atomic E-state index is -0.307. The Balaban J connectivity index is 2.36. The van der Waals surface area contributed by atoms with Gasteiger partial charge in [-0.05, 0) is 29.9 Å². The first-order valence-corrected chi connectivity index (χ1v) is 7.37. The molecule has 104 valence electrons. The van der Waals surface area contributed by atoms with Crippen LogP contribution in [0.5, 0.6) is 5.75 Å². The van der Waals surface area contributed by atoms with E-state index in [9.17, 15) is 0 Å². The van der Waals surface area contributed by atoms with Gasteiger partial charge >= 0.3 is 0 Å². The van der Waals surface area contributed by atoms with Crippen molar-refractivity contribution in [1.29, 1.82) is 0 Å². The summed E-state index contributed by atoms with van der Waals surface area (Å²) in [5.74, 6) is 0.736. The van der Waals surface area contributed by atoms with Crippen molar-refractivity contribution in [2.75, 3.05) is 13.8 Å². The highest BCUT2D eigenvalue weighted by molar-refractivity contribution is 7.56. The minimum absolute atomic E-state index is 0.307. The summed E-state index contributed by atoms with van der Waals surface area (Å²) in [7, 11) is 2.23. The van der Waals surface area contributed by atoms with Gasteiger partial charge in [-0.25, -0.2) is 0 Å². The number of benzene rings is 2. The second-order valence-electron chi connectivity index (χ2n) is 4.37. The molecule has 2 aromatic rings. The molecule has 1 unspecified atom stereocenters. The molecule has 1 atom stereocenters. The fraction of sp³-hybridized carbons (Fsp3) is 0.188. The third-order valence-electron chi connectivity index (χ3n) is 2.85. The summed E-state index contributed by atoms with van der Waals surface area (Å²) in [5, 5.41) is 11.3. The molecule has 20 heavy (non-hydrogen) atoms. The Morgan fingerprint density at radius 3 is 2.75 bits per heavy atom. The van der Waals surface area contributed by atoms with Crippen LogP contribution in [-0.2, 0) is 0 Å². The molecule has 0 saturated carbocycles. The number of aliphatic hydroxyl groups is 1. The first kappa shape index (κ1) is 14.7. The first-order chi connectivity index (χ1) is 9.74. The SMILES string of the molecule is C/N=C/c1ccccc1Pc1cc(C)ccc1OCO. The molecule has 0 heterocycles. The van der Waals surface area contributed by atoms with Crippen molar-refractivity contribution in [3.63, 3.8) is 0 Å². The Kier molecular flexibility index (Phi) is 5.28. The molecule has 0 aliphatic carbocycles. The lowest BCUT2D eigenvalue weighted by atomic mass is 10.2. The molecule has 0 saturated heterocycles. The van der Waals surface area contributed by atoms with Crippen LogP contribution in [0.15, 0.2) is 47.5 Å². The summed E-state index contributed by atoms with van der Waals surface area (Å²) in [6, 6.07) is 14.2. The topological polar surface area (TPSA) is 41.8 Å². The maximum absolute atomic E-state index is 8.98. The van der Waals surface area contributed by atoms with Gasteiger partial charge in [0.05, 0.1) is 0 Å². The van der Waals surface area contributed by atoms with Crippen molar-refractivity contribution in [3.05, 3.63) is 53.6 Å². The van der Waals surface area contributed by atoms with E-state index < -0.39 is 0 Å². The van der Waals surface area contributed by atoms with Crippen molar-refractivity contribution in [2.24, 2.45) is 4.99 Å². The van der Waals surface area contributed by atoms with Crippen molar-refractivity contribution in [2.45, 2.75) is 6.92 Å². The highest BCUT2D eigenvalue weighted by Crippen LogP contribution is 2.21. The zero-order valence-electron chi connectivity index (χ0n) is 11.6. The second-order valence-corrected chi connectivity index (χ2v) is 5.70. The van der Waals surface area contributed by atoms with Gasteiger partial charge in [0.1, 0.15) is 5.75 Å². The lowest BCUT2D eigenvalue weighted by molar-refractivity contribution is 0.0996. The summed E-state index contributed by atoms with van der Waals surface area (Å²) >= 11 is 0. The fourth-order valence-corrected chi connectivity index (χ4v) is 3.28. The van der Waals surface area contributed by atoms with E-state index in [0.29, 0.717) is 8.58 Å².